The molecule has 1 aliphatic heterocycles. The van der Waals surface area contributed by atoms with Gasteiger partial charge in [0.1, 0.15) is 12.4 Å². The molecule has 1 aliphatic rings. The maximum atomic E-state index is 12.1. The summed E-state index contributed by atoms with van der Waals surface area (Å²) in [6, 6.07) is 4.19. The molecule has 2 aromatic rings. The largest absolute Gasteiger partial charge is 0.325 e. The van der Waals surface area contributed by atoms with Crippen LogP contribution in [0.2, 0.25) is 10.0 Å². The minimum absolute atomic E-state index is 0.0783. The van der Waals surface area contributed by atoms with Gasteiger partial charge in [-0.15, -0.1) is 0 Å². The molecule has 2 amide bonds. The third kappa shape index (κ3) is 2.57. The lowest BCUT2D eigenvalue weighted by atomic mass is 10.2. The SMILES string of the molecule is O=C(C[C@H]1C(=O)Nc2ncnn21)Nc1cccc(Cl)c1Cl. The van der Waals surface area contributed by atoms with Gasteiger partial charge in [0.25, 0.3) is 5.91 Å². The number of hydrogen-bond acceptors (Lipinski definition) is 4. The van der Waals surface area contributed by atoms with Gasteiger partial charge in [0.05, 0.1) is 22.2 Å². The summed E-state index contributed by atoms with van der Waals surface area (Å²) in [6.45, 7) is 0. The smallest absolute Gasteiger partial charge is 0.252 e. The van der Waals surface area contributed by atoms with Crippen LogP contribution in [0.5, 0.6) is 0 Å². The van der Waals surface area contributed by atoms with E-state index in [-0.39, 0.29) is 23.3 Å². The first kappa shape index (κ1) is 13.8. The lowest BCUT2D eigenvalue weighted by Gasteiger charge is -2.11. The molecule has 0 saturated heterocycles. The summed E-state index contributed by atoms with van der Waals surface area (Å²) in [5, 5.41) is 9.67. The molecular weight excluding hydrogens is 317 g/mol. The highest BCUT2D eigenvalue weighted by atomic mass is 35.5. The van der Waals surface area contributed by atoms with Crippen molar-refractivity contribution in [3.8, 4) is 0 Å². The number of hydrogen-bond donors (Lipinski definition) is 2. The fraction of sp³-hybridized carbons (Fsp3) is 0.167. The van der Waals surface area contributed by atoms with Gasteiger partial charge in [0.15, 0.2) is 0 Å². The van der Waals surface area contributed by atoms with Crippen LogP contribution in [0.15, 0.2) is 24.5 Å². The van der Waals surface area contributed by atoms with E-state index < -0.39 is 6.04 Å². The molecule has 1 atom stereocenters. The molecule has 3 rings (SSSR count). The van der Waals surface area contributed by atoms with Crippen molar-refractivity contribution in [2.24, 2.45) is 0 Å². The number of nitrogens with one attached hydrogen (secondary N) is 2. The molecule has 1 aromatic carbocycles. The minimum atomic E-state index is -0.722. The number of nitrogens with zero attached hydrogens (tertiary/aromatic N) is 3. The number of rotatable bonds is 3. The minimum Gasteiger partial charge on any atom is -0.325 e. The van der Waals surface area contributed by atoms with Gasteiger partial charge >= 0.3 is 0 Å². The zero-order valence-corrected chi connectivity index (χ0v) is 12.0. The molecule has 0 spiro atoms. The van der Waals surface area contributed by atoms with Crippen molar-refractivity contribution in [3.63, 3.8) is 0 Å². The molecule has 2 N–H and O–H groups in total. The summed E-state index contributed by atoms with van der Waals surface area (Å²) in [5.74, 6) is -0.362. The topological polar surface area (TPSA) is 88.9 Å². The fourth-order valence-corrected chi connectivity index (χ4v) is 2.38. The second kappa shape index (κ2) is 5.34. The van der Waals surface area contributed by atoms with Gasteiger partial charge < -0.3 is 5.32 Å². The Kier molecular flexibility index (Phi) is 3.52. The van der Waals surface area contributed by atoms with Gasteiger partial charge in [-0.05, 0) is 12.1 Å². The zero-order valence-electron chi connectivity index (χ0n) is 10.5. The van der Waals surface area contributed by atoms with Gasteiger partial charge in [-0.3, -0.25) is 14.9 Å². The summed E-state index contributed by atoms with van der Waals surface area (Å²) in [4.78, 5) is 27.7. The molecule has 2 heterocycles. The number of halogens is 2. The predicted octanol–water partition coefficient (Wildman–Crippen LogP) is 2.11. The van der Waals surface area contributed by atoms with E-state index in [9.17, 15) is 9.59 Å². The Labute approximate surface area is 129 Å². The number of amides is 2. The first-order valence-electron chi connectivity index (χ1n) is 6.00. The average molecular weight is 326 g/mol. The van der Waals surface area contributed by atoms with Gasteiger partial charge in [-0.25, -0.2) is 4.68 Å². The van der Waals surface area contributed by atoms with E-state index >= 15 is 0 Å². The third-order valence-corrected chi connectivity index (χ3v) is 3.83. The highest BCUT2D eigenvalue weighted by Gasteiger charge is 2.33. The van der Waals surface area contributed by atoms with Gasteiger partial charge in [-0.1, -0.05) is 29.3 Å². The molecule has 108 valence electrons. The highest BCUT2D eigenvalue weighted by molar-refractivity contribution is 6.44. The Balaban J connectivity index is 1.73. The van der Waals surface area contributed by atoms with Crippen molar-refractivity contribution in [3.05, 3.63) is 34.6 Å². The van der Waals surface area contributed by atoms with Crippen molar-refractivity contribution < 1.29 is 9.59 Å². The zero-order chi connectivity index (χ0) is 15.0. The Morgan fingerprint density at radius 1 is 1.43 bits per heavy atom. The molecule has 9 heteroatoms. The number of benzene rings is 1. The van der Waals surface area contributed by atoms with Crippen LogP contribution in [0.4, 0.5) is 11.6 Å². The van der Waals surface area contributed by atoms with Crippen LogP contribution in [0.1, 0.15) is 12.5 Å². The quantitative estimate of drug-likeness (QED) is 0.904. The number of carbonyl (C=O) groups is 2. The predicted molar refractivity (Wildman–Crippen MR) is 77.4 cm³/mol. The van der Waals surface area contributed by atoms with Gasteiger partial charge in [-0.2, -0.15) is 10.1 Å². The molecule has 0 aliphatic carbocycles. The standard InChI is InChI=1S/C12H9Cl2N5O2/c13-6-2-1-3-7(10(6)14)17-9(20)4-8-11(21)18-12-15-5-16-19(8)12/h1-3,5,8H,4H2,(H,17,20)(H,15,16,18,21)/t8-/m0/s1. The van der Waals surface area contributed by atoms with Crippen molar-refractivity contribution in [2.75, 3.05) is 10.6 Å². The highest BCUT2D eigenvalue weighted by Crippen LogP contribution is 2.30. The van der Waals surface area contributed by atoms with Crippen LogP contribution < -0.4 is 10.6 Å². The van der Waals surface area contributed by atoms with E-state index in [0.717, 1.165) is 0 Å². The van der Waals surface area contributed by atoms with Crippen molar-refractivity contribution in [1.29, 1.82) is 0 Å². The maximum Gasteiger partial charge on any atom is 0.252 e. The monoisotopic (exact) mass is 325 g/mol. The summed E-state index contributed by atoms with van der Waals surface area (Å²) >= 11 is 11.9. The fourth-order valence-electron chi connectivity index (χ4n) is 2.03. The summed E-state index contributed by atoms with van der Waals surface area (Å²) in [5.41, 5.74) is 0.395. The van der Waals surface area contributed by atoms with Crippen LogP contribution in [-0.2, 0) is 9.59 Å². The van der Waals surface area contributed by atoms with E-state index in [0.29, 0.717) is 16.7 Å². The first-order chi connectivity index (χ1) is 10.1. The van der Waals surface area contributed by atoms with E-state index in [1.165, 1.54) is 11.0 Å². The van der Waals surface area contributed by atoms with E-state index in [2.05, 4.69) is 20.7 Å². The number of anilines is 2. The second-order valence-electron chi connectivity index (χ2n) is 4.39. The van der Waals surface area contributed by atoms with E-state index in [1.54, 1.807) is 18.2 Å². The van der Waals surface area contributed by atoms with Crippen molar-refractivity contribution >= 4 is 46.7 Å². The van der Waals surface area contributed by atoms with Crippen LogP contribution in [0.25, 0.3) is 0 Å². The van der Waals surface area contributed by atoms with Crippen molar-refractivity contribution in [2.45, 2.75) is 12.5 Å². The lowest BCUT2D eigenvalue weighted by molar-refractivity contribution is -0.123. The molecule has 0 saturated carbocycles. The molecule has 0 fully saturated rings. The number of carbonyl (C=O) groups excluding carboxylic acids is 2. The van der Waals surface area contributed by atoms with Gasteiger partial charge in [0, 0.05) is 0 Å². The molecule has 0 radical (unpaired) electrons. The van der Waals surface area contributed by atoms with E-state index in [1.807, 2.05) is 0 Å². The normalized spacial score (nSPS) is 16.5. The summed E-state index contributed by atoms with van der Waals surface area (Å²) in [7, 11) is 0. The molecule has 1 aromatic heterocycles. The first-order valence-corrected chi connectivity index (χ1v) is 6.76. The lowest BCUT2D eigenvalue weighted by Crippen LogP contribution is -2.23. The van der Waals surface area contributed by atoms with E-state index in [4.69, 9.17) is 23.2 Å². The van der Waals surface area contributed by atoms with Crippen LogP contribution >= 0.6 is 23.2 Å². The molecule has 21 heavy (non-hydrogen) atoms. The second-order valence-corrected chi connectivity index (χ2v) is 5.17. The maximum absolute atomic E-state index is 12.1. The Hall–Kier alpha value is -2.12. The molecule has 0 unspecified atom stereocenters. The van der Waals surface area contributed by atoms with Gasteiger partial charge in [0.2, 0.25) is 11.9 Å². The van der Waals surface area contributed by atoms with Crippen LogP contribution in [0, 0.1) is 0 Å². The number of fused-ring (bicyclic) bond motifs is 1. The van der Waals surface area contributed by atoms with Crippen LogP contribution in [-0.4, -0.2) is 26.6 Å². The Morgan fingerprint density at radius 2 is 2.24 bits per heavy atom. The summed E-state index contributed by atoms with van der Waals surface area (Å²) in [6.07, 6.45) is 1.23. The Bertz CT molecular complexity index is 730. The summed E-state index contributed by atoms with van der Waals surface area (Å²) < 4.78 is 1.38. The molecule has 7 nitrogen and oxygen atoms in total. The van der Waals surface area contributed by atoms with Crippen LogP contribution in [0.3, 0.4) is 0 Å². The molecular formula is C12H9Cl2N5O2. The molecule has 0 bridgehead atoms. The van der Waals surface area contributed by atoms with Crippen molar-refractivity contribution in [1.82, 2.24) is 14.8 Å². The third-order valence-electron chi connectivity index (χ3n) is 3.01. The average Bonchev–Trinajstić information content (AvgIpc) is 2.99. The Morgan fingerprint density at radius 3 is 3.05 bits per heavy atom. The number of aromatic nitrogens is 3.